The summed E-state index contributed by atoms with van der Waals surface area (Å²) in [5, 5.41) is 0.618. The highest BCUT2D eigenvalue weighted by molar-refractivity contribution is 6.39. The fraction of sp³-hybridized carbons (Fsp3) is 0. The van der Waals surface area contributed by atoms with E-state index in [1.54, 1.807) is 18.2 Å². The van der Waals surface area contributed by atoms with Crippen molar-refractivity contribution in [2.75, 3.05) is 0 Å². The molecule has 1 N–H and O–H groups in total. The lowest BCUT2D eigenvalue weighted by molar-refractivity contribution is 0.621. The van der Waals surface area contributed by atoms with Crippen LogP contribution in [0.2, 0.25) is 10.0 Å². The van der Waals surface area contributed by atoms with Gasteiger partial charge < -0.3 is 4.98 Å². The number of pyridine rings is 1. The third-order valence-electron chi connectivity index (χ3n) is 2.10. The quantitative estimate of drug-likeness (QED) is 0.834. The number of H-pyrrole nitrogens is 1. The van der Waals surface area contributed by atoms with Gasteiger partial charge in [-0.3, -0.25) is 4.79 Å². The molecule has 0 radical (unpaired) electrons. The van der Waals surface area contributed by atoms with E-state index in [9.17, 15) is 9.18 Å². The highest BCUT2D eigenvalue weighted by atomic mass is 35.5. The number of halogens is 3. The summed E-state index contributed by atoms with van der Waals surface area (Å²) in [6.45, 7) is 0. The molecular formula is C11H6Cl2FNO. The van der Waals surface area contributed by atoms with E-state index in [1.165, 1.54) is 0 Å². The van der Waals surface area contributed by atoms with E-state index in [-0.39, 0.29) is 5.56 Å². The Morgan fingerprint density at radius 1 is 1.19 bits per heavy atom. The topological polar surface area (TPSA) is 32.9 Å². The third-order valence-corrected chi connectivity index (χ3v) is 2.73. The Bertz CT molecular complexity index is 575. The summed E-state index contributed by atoms with van der Waals surface area (Å²) in [7, 11) is 0. The average molecular weight is 258 g/mol. The molecule has 5 heteroatoms. The zero-order valence-electron chi connectivity index (χ0n) is 7.93. The first-order valence-corrected chi connectivity index (χ1v) is 5.18. The van der Waals surface area contributed by atoms with Gasteiger partial charge in [-0.25, -0.2) is 4.39 Å². The molecule has 0 unspecified atom stereocenters. The number of rotatable bonds is 1. The molecule has 2 aromatic rings. The maximum absolute atomic E-state index is 13.0. The summed E-state index contributed by atoms with van der Waals surface area (Å²) in [5.41, 5.74) is 0.0265. The highest BCUT2D eigenvalue weighted by Crippen LogP contribution is 2.32. The summed E-state index contributed by atoms with van der Waals surface area (Å²) in [6, 6.07) is 5.94. The fourth-order valence-corrected chi connectivity index (χ4v) is 2.00. The van der Waals surface area contributed by atoms with Gasteiger partial charge in [0.15, 0.2) is 0 Å². The largest absolute Gasteiger partial charge is 0.326 e. The standard InChI is InChI=1S/C11H6Cl2FNO/c12-8-2-1-3-9(13)10(8)7-4-6(14)5-15-11(7)16/h1-5H,(H,15,16). The van der Waals surface area contributed by atoms with Gasteiger partial charge in [0.25, 0.3) is 5.56 Å². The van der Waals surface area contributed by atoms with Gasteiger partial charge in [0, 0.05) is 11.8 Å². The zero-order valence-corrected chi connectivity index (χ0v) is 9.44. The van der Waals surface area contributed by atoms with Crippen LogP contribution in [0.1, 0.15) is 0 Å². The van der Waals surface area contributed by atoms with E-state index >= 15 is 0 Å². The number of benzene rings is 1. The highest BCUT2D eigenvalue weighted by Gasteiger charge is 2.12. The molecule has 0 aliphatic rings. The van der Waals surface area contributed by atoms with Gasteiger partial charge in [-0.15, -0.1) is 0 Å². The summed E-state index contributed by atoms with van der Waals surface area (Å²) in [5.74, 6) is -0.550. The van der Waals surface area contributed by atoms with Gasteiger partial charge in [0.2, 0.25) is 0 Å². The van der Waals surface area contributed by atoms with Crippen LogP contribution in [-0.4, -0.2) is 4.98 Å². The number of aromatic amines is 1. The Morgan fingerprint density at radius 2 is 1.81 bits per heavy atom. The Morgan fingerprint density at radius 3 is 2.44 bits per heavy atom. The smallest absolute Gasteiger partial charge is 0.256 e. The lowest BCUT2D eigenvalue weighted by Crippen LogP contribution is -2.09. The Balaban J connectivity index is 2.77. The normalized spacial score (nSPS) is 10.4. The minimum Gasteiger partial charge on any atom is -0.326 e. The average Bonchev–Trinajstić information content (AvgIpc) is 2.23. The molecule has 0 amide bonds. The Labute approximate surface area is 101 Å². The predicted octanol–water partition coefficient (Wildman–Crippen LogP) is 3.49. The van der Waals surface area contributed by atoms with Crippen molar-refractivity contribution in [3.05, 3.63) is 56.7 Å². The van der Waals surface area contributed by atoms with Crippen molar-refractivity contribution in [1.29, 1.82) is 0 Å². The van der Waals surface area contributed by atoms with Crippen molar-refractivity contribution < 1.29 is 4.39 Å². The van der Waals surface area contributed by atoms with Crippen LogP contribution in [0.3, 0.4) is 0 Å². The molecule has 1 heterocycles. The van der Waals surface area contributed by atoms with Crippen molar-refractivity contribution in [2.45, 2.75) is 0 Å². The maximum atomic E-state index is 13.0. The lowest BCUT2D eigenvalue weighted by atomic mass is 10.1. The summed E-state index contributed by atoms with van der Waals surface area (Å²) in [4.78, 5) is 13.8. The van der Waals surface area contributed by atoms with Crippen LogP contribution in [0.25, 0.3) is 11.1 Å². The van der Waals surface area contributed by atoms with Crippen LogP contribution in [0.5, 0.6) is 0 Å². The Hall–Kier alpha value is -1.32. The summed E-state index contributed by atoms with van der Waals surface area (Å²) >= 11 is 11.9. The second-order valence-corrected chi connectivity index (χ2v) is 3.97. The van der Waals surface area contributed by atoms with Gasteiger partial charge >= 0.3 is 0 Å². The molecule has 1 aromatic carbocycles. The van der Waals surface area contributed by atoms with Gasteiger partial charge in [-0.05, 0) is 18.2 Å². The first kappa shape index (κ1) is 11.2. The molecular weight excluding hydrogens is 252 g/mol. The van der Waals surface area contributed by atoms with Crippen molar-refractivity contribution >= 4 is 23.2 Å². The van der Waals surface area contributed by atoms with E-state index in [0.717, 1.165) is 12.3 Å². The first-order chi connectivity index (χ1) is 7.59. The fourth-order valence-electron chi connectivity index (χ4n) is 1.40. The third kappa shape index (κ3) is 1.96. The molecule has 0 aliphatic heterocycles. The maximum Gasteiger partial charge on any atom is 0.256 e. The SMILES string of the molecule is O=c1[nH]cc(F)cc1-c1c(Cl)cccc1Cl. The van der Waals surface area contributed by atoms with E-state index in [0.29, 0.717) is 15.6 Å². The predicted molar refractivity (Wildman–Crippen MR) is 62.5 cm³/mol. The zero-order chi connectivity index (χ0) is 11.7. The van der Waals surface area contributed by atoms with Crippen molar-refractivity contribution in [2.24, 2.45) is 0 Å². The minimum atomic E-state index is -0.550. The van der Waals surface area contributed by atoms with Gasteiger partial charge in [0.1, 0.15) is 5.82 Å². The summed E-state index contributed by atoms with van der Waals surface area (Å²) < 4.78 is 13.0. The monoisotopic (exact) mass is 257 g/mol. The van der Waals surface area contributed by atoms with Crippen LogP contribution in [-0.2, 0) is 0 Å². The molecule has 2 rings (SSSR count). The molecule has 16 heavy (non-hydrogen) atoms. The molecule has 0 atom stereocenters. The minimum absolute atomic E-state index is 0.121. The van der Waals surface area contributed by atoms with Gasteiger partial charge in [0.05, 0.1) is 15.6 Å². The molecule has 0 fully saturated rings. The van der Waals surface area contributed by atoms with Crippen molar-refractivity contribution in [3.8, 4) is 11.1 Å². The second-order valence-electron chi connectivity index (χ2n) is 3.16. The van der Waals surface area contributed by atoms with E-state index in [4.69, 9.17) is 23.2 Å². The lowest BCUT2D eigenvalue weighted by Gasteiger charge is -2.05. The van der Waals surface area contributed by atoms with Gasteiger partial charge in [-0.2, -0.15) is 0 Å². The van der Waals surface area contributed by atoms with E-state index in [1.807, 2.05) is 0 Å². The van der Waals surface area contributed by atoms with Crippen LogP contribution in [0, 0.1) is 5.82 Å². The summed E-state index contributed by atoms with van der Waals surface area (Å²) in [6.07, 6.45) is 0.983. The van der Waals surface area contributed by atoms with Gasteiger partial charge in [-0.1, -0.05) is 29.3 Å². The number of nitrogens with one attached hydrogen (secondary N) is 1. The molecule has 0 bridgehead atoms. The molecule has 2 nitrogen and oxygen atoms in total. The number of hydrogen-bond acceptors (Lipinski definition) is 1. The Kier molecular flexibility index (Phi) is 2.99. The first-order valence-electron chi connectivity index (χ1n) is 4.42. The van der Waals surface area contributed by atoms with Crippen molar-refractivity contribution in [1.82, 2.24) is 4.98 Å². The molecule has 0 aliphatic carbocycles. The van der Waals surface area contributed by atoms with E-state index in [2.05, 4.69) is 4.98 Å². The number of aromatic nitrogens is 1. The van der Waals surface area contributed by atoms with Crippen LogP contribution in [0.4, 0.5) is 4.39 Å². The molecule has 0 saturated heterocycles. The molecule has 82 valence electrons. The molecule has 0 spiro atoms. The van der Waals surface area contributed by atoms with Crippen molar-refractivity contribution in [3.63, 3.8) is 0 Å². The van der Waals surface area contributed by atoms with Crippen LogP contribution < -0.4 is 5.56 Å². The molecule has 0 saturated carbocycles. The second kappa shape index (κ2) is 4.28. The number of hydrogen-bond donors (Lipinski definition) is 1. The molecule has 1 aromatic heterocycles. The van der Waals surface area contributed by atoms with Crippen LogP contribution in [0.15, 0.2) is 35.3 Å². The van der Waals surface area contributed by atoms with Crippen LogP contribution >= 0.6 is 23.2 Å². The van der Waals surface area contributed by atoms with E-state index < -0.39 is 11.4 Å².